The molecular weight excluding hydrogens is 429 g/mol. The lowest BCUT2D eigenvalue weighted by Gasteiger charge is -2.33. The van der Waals surface area contributed by atoms with Crippen LogP contribution in [0.4, 0.5) is 9.18 Å². The van der Waals surface area contributed by atoms with E-state index in [9.17, 15) is 14.0 Å². The molecule has 1 aliphatic rings. The van der Waals surface area contributed by atoms with E-state index in [1.807, 2.05) is 20.8 Å². The van der Waals surface area contributed by atoms with E-state index in [0.717, 1.165) is 10.7 Å². The molecule has 0 N–H and O–H groups in total. The van der Waals surface area contributed by atoms with Crippen molar-refractivity contribution in [3.05, 3.63) is 51.7 Å². The van der Waals surface area contributed by atoms with Gasteiger partial charge < -0.3 is 14.4 Å². The van der Waals surface area contributed by atoms with E-state index in [0.29, 0.717) is 31.6 Å². The van der Waals surface area contributed by atoms with Gasteiger partial charge in [-0.05, 0) is 32.9 Å². The van der Waals surface area contributed by atoms with E-state index in [1.165, 1.54) is 24.4 Å². The number of nitriles is 1. The van der Waals surface area contributed by atoms with Crippen molar-refractivity contribution in [1.82, 2.24) is 14.7 Å². The highest BCUT2D eigenvalue weighted by Crippen LogP contribution is 2.22. The van der Waals surface area contributed by atoms with Crippen molar-refractivity contribution < 1.29 is 18.7 Å². The summed E-state index contributed by atoms with van der Waals surface area (Å²) in [5.41, 5.74) is -0.726. The average Bonchev–Trinajstić information content (AvgIpc) is 2.75. The predicted octanol–water partition coefficient (Wildman–Crippen LogP) is 3.07. The van der Waals surface area contributed by atoms with E-state index in [4.69, 9.17) is 14.7 Å². The fraction of sp³-hybridized carbons (Fsp3) is 0.435. The van der Waals surface area contributed by atoms with Gasteiger partial charge in [-0.1, -0.05) is 0 Å². The first-order chi connectivity index (χ1) is 15.6. The normalized spacial score (nSPS) is 14.8. The van der Waals surface area contributed by atoms with Crippen LogP contribution in [0, 0.1) is 17.1 Å². The van der Waals surface area contributed by atoms with Crippen LogP contribution in [0.5, 0.6) is 5.75 Å². The van der Waals surface area contributed by atoms with Crippen molar-refractivity contribution in [2.45, 2.75) is 45.3 Å². The van der Waals surface area contributed by atoms with E-state index >= 15 is 0 Å². The zero-order valence-electron chi connectivity index (χ0n) is 19.0. The molecule has 2 heterocycles. The highest BCUT2D eigenvalue weighted by Gasteiger charge is 2.28. The van der Waals surface area contributed by atoms with Gasteiger partial charge in [0.2, 0.25) is 0 Å². The number of amides is 1. The van der Waals surface area contributed by atoms with Gasteiger partial charge in [0.1, 0.15) is 29.3 Å². The molecule has 2 aromatic rings. The van der Waals surface area contributed by atoms with Crippen molar-refractivity contribution in [1.29, 1.82) is 5.26 Å². The number of likely N-dealkylation sites (tertiary alicyclic amines) is 1. The van der Waals surface area contributed by atoms with Crippen molar-refractivity contribution in [2.24, 2.45) is 4.99 Å². The van der Waals surface area contributed by atoms with Crippen molar-refractivity contribution in [3.63, 3.8) is 0 Å². The predicted molar refractivity (Wildman–Crippen MR) is 119 cm³/mol. The Balaban J connectivity index is 1.77. The molecule has 1 saturated heterocycles. The van der Waals surface area contributed by atoms with Gasteiger partial charge in [-0.2, -0.15) is 15.0 Å². The number of aliphatic imine (C=N–C) groups is 1. The van der Waals surface area contributed by atoms with Crippen molar-refractivity contribution in [3.8, 4) is 17.5 Å². The third-order valence-electron chi connectivity index (χ3n) is 4.88. The molecule has 1 aromatic carbocycles. The number of carbonyl (C=O) groups excluding carboxylic acids is 1. The van der Waals surface area contributed by atoms with Gasteiger partial charge >= 0.3 is 6.09 Å². The van der Waals surface area contributed by atoms with Crippen LogP contribution in [-0.4, -0.2) is 58.8 Å². The number of benzene rings is 1. The Labute approximate surface area is 191 Å². The first-order valence-electron chi connectivity index (χ1n) is 10.5. The lowest BCUT2D eigenvalue weighted by atomic mass is 10.1. The van der Waals surface area contributed by atoms with E-state index < -0.39 is 17.0 Å². The van der Waals surface area contributed by atoms with Gasteiger partial charge in [-0.25, -0.2) is 9.18 Å². The number of piperidine rings is 1. The minimum atomic E-state index is -0.744. The molecule has 9 nitrogen and oxygen atoms in total. The SMILES string of the molecule is CN=Cc1nn(-c2ccc(C#N)c(F)c2)c(=O)cc1OC1CCN(C(=O)OC(C)(C)C)CC1. The third-order valence-corrected chi connectivity index (χ3v) is 4.88. The largest absolute Gasteiger partial charge is 0.488 e. The molecule has 1 aromatic heterocycles. The van der Waals surface area contributed by atoms with Gasteiger partial charge in [-0.3, -0.25) is 9.79 Å². The molecule has 0 atom stereocenters. The molecule has 0 saturated carbocycles. The topological polar surface area (TPSA) is 110 Å². The molecule has 1 amide bonds. The maximum absolute atomic E-state index is 14.0. The quantitative estimate of drug-likeness (QED) is 0.656. The first kappa shape index (κ1) is 23.9. The number of nitrogens with zero attached hydrogens (tertiary/aromatic N) is 5. The van der Waals surface area contributed by atoms with Crippen LogP contribution in [0.2, 0.25) is 0 Å². The van der Waals surface area contributed by atoms with Crippen molar-refractivity contribution >= 4 is 12.3 Å². The number of hydrogen-bond donors (Lipinski definition) is 0. The zero-order valence-corrected chi connectivity index (χ0v) is 19.0. The van der Waals surface area contributed by atoms with Gasteiger partial charge in [0.15, 0.2) is 5.75 Å². The number of aromatic nitrogens is 2. The second-order valence-electron chi connectivity index (χ2n) is 8.59. The Bertz CT molecular complexity index is 1150. The maximum atomic E-state index is 14.0. The summed E-state index contributed by atoms with van der Waals surface area (Å²) in [5, 5.41) is 13.2. The summed E-state index contributed by atoms with van der Waals surface area (Å²) in [6.07, 6.45) is 1.98. The van der Waals surface area contributed by atoms with Gasteiger partial charge in [0, 0.05) is 45.1 Å². The number of halogens is 1. The second kappa shape index (κ2) is 9.81. The van der Waals surface area contributed by atoms with Gasteiger partial charge in [0.25, 0.3) is 5.56 Å². The summed E-state index contributed by atoms with van der Waals surface area (Å²) in [6.45, 7) is 6.38. The van der Waals surface area contributed by atoms with Crippen LogP contribution in [0.3, 0.4) is 0 Å². The van der Waals surface area contributed by atoms with E-state index in [1.54, 1.807) is 18.0 Å². The molecule has 0 spiro atoms. The molecule has 0 aliphatic carbocycles. The van der Waals surface area contributed by atoms with E-state index in [-0.39, 0.29) is 29.2 Å². The summed E-state index contributed by atoms with van der Waals surface area (Å²) in [5.74, 6) is -0.488. The fourth-order valence-corrected chi connectivity index (χ4v) is 3.33. The number of carbonyl (C=O) groups is 1. The summed E-state index contributed by atoms with van der Waals surface area (Å²) in [7, 11) is 1.56. The standard InChI is InChI=1S/C23H26FN5O4/c1-23(2,3)33-22(31)28-9-7-17(8-10-28)32-20-12-21(30)29(27-19(20)14-26-4)16-6-5-15(13-25)18(24)11-16/h5-6,11-12,14,17H,7-10H2,1-4H3. The molecular formula is C23H26FN5O4. The minimum absolute atomic E-state index is 0.125. The molecule has 3 rings (SSSR count). The number of ether oxygens (including phenoxy) is 2. The Morgan fingerprint density at radius 2 is 2.00 bits per heavy atom. The number of rotatable bonds is 4. The lowest BCUT2D eigenvalue weighted by molar-refractivity contribution is 0.0126. The first-order valence-corrected chi connectivity index (χ1v) is 10.5. The summed E-state index contributed by atoms with van der Waals surface area (Å²) < 4.78 is 26.5. The Morgan fingerprint density at radius 3 is 2.58 bits per heavy atom. The maximum Gasteiger partial charge on any atom is 0.410 e. The highest BCUT2D eigenvalue weighted by molar-refractivity contribution is 5.80. The third kappa shape index (κ3) is 5.94. The van der Waals surface area contributed by atoms with Crippen molar-refractivity contribution in [2.75, 3.05) is 20.1 Å². The Hall–Kier alpha value is -3.74. The average molecular weight is 455 g/mol. The smallest absolute Gasteiger partial charge is 0.410 e. The summed E-state index contributed by atoms with van der Waals surface area (Å²) >= 11 is 0. The zero-order chi connectivity index (χ0) is 24.2. The van der Waals surface area contributed by atoms with Gasteiger partial charge in [-0.15, -0.1) is 0 Å². The molecule has 0 unspecified atom stereocenters. The molecule has 33 heavy (non-hydrogen) atoms. The van der Waals surface area contributed by atoms with Crippen LogP contribution >= 0.6 is 0 Å². The number of hydrogen-bond acceptors (Lipinski definition) is 7. The van der Waals surface area contributed by atoms with Gasteiger partial charge in [0.05, 0.1) is 17.5 Å². The highest BCUT2D eigenvalue weighted by atomic mass is 19.1. The van der Waals surface area contributed by atoms with E-state index in [2.05, 4.69) is 10.1 Å². The molecule has 174 valence electrons. The molecule has 0 radical (unpaired) electrons. The molecule has 1 aliphatic heterocycles. The summed E-state index contributed by atoms with van der Waals surface area (Å²) in [4.78, 5) is 30.5. The Morgan fingerprint density at radius 1 is 1.30 bits per heavy atom. The monoisotopic (exact) mass is 455 g/mol. The molecule has 1 fully saturated rings. The van der Waals surface area contributed by atoms with Crippen LogP contribution in [0.15, 0.2) is 34.1 Å². The van der Waals surface area contributed by atoms with Crippen LogP contribution in [-0.2, 0) is 4.74 Å². The summed E-state index contributed by atoms with van der Waals surface area (Å²) in [6, 6.07) is 6.82. The second-order valence-corrected chi connectivity index (χ2v) is 8.59. The Kier molecular flexibility index (Phi) is 7.11. The molecule has 10 heteroatoms. The van der Waals surface area contributed by atoms with Crippen LogP contribution < -0.4 is 10.3 Å². The van der Waals surface area contributed by atoms with Crippen LogP contribution in [0.1, 0.15) is 44.9 Å². The molecule has 0 bridgehead atoms. The minimum Gasteiger partial charge on any atom is -0.488 e. The fourth-order valence-electron chi connectivity index (χ4n) is 3.33. The van der Waals surface area contributed by atoms with Crippen LogP contribution in [0.25, 0.3) is 5.69 Å². The lowest BCUT2D eigenvalue weighted by Crippen LogP contribution is -2.44.